The normalized spacial score (nSPS) is 13.0. The molecule has 0 atom stereocenters. The van der Waals surface area contributed by atoms with Gasteiger partial charge < -0.3 is 5.41 Å². The number of hydrogen-bond acceptors (Lipinski definition) is 1. The molecule has 0 heterocycles. The summed E-state index contributed by atoms with van der Waals surface area (Å²) < 4.78 is 0. The van der Waals surface area contributed by atoms with Gasteiger partial charge in [0.2, 0.25) is 0 Å². The second-order valence-corrected chi connectivity index (χ2v) is 2.47. The number of nitrogens with one attached hydrogen (secondary N) is 1. The van der Waals surface area contributed by atoms with Crippen LogP contribution >= 0.6 is 0 Å². The van der Waals surface area contributed by atoms with Crippen molar-refractivity contribution in [3.63, 3.8) is 0 Å². The van der Waals surface area contributed by atoms with Crippen LogP contribution in [0.3, 0.4) is 0 Å². The molecule has 0 spiro atoms. The Hall–Kier alpha value is -0.850. The molecule has 0 amide bonds. The summed E-state index contributed by atoms with van der Waals surface area (Å²) in [6, 6.07) is 0. The van der Waals surface area contributed by atoms with Crippen LogP contribution in [0, 0.1) is 11.3 Å². The fourth-order valence-electron chi connectivity index (χ4n) is 0.781. The average Bonchev–Trinajstić information content (AvgIpc) is 1.89. The van der Waals surface area contributed by atoms with E-state index in [1.165, 1.54) is 11.8 Å². The lowest BCUT2D eigenvalue weighted by atomic mass is 10.0. The van der Waals surface area contributed by atoms with Gasteiger partial charge in [0.05, 0.1) is 0 Å². The number of rotatable bonds is 3. The van der Waals surface area contributed by atoms with Crippen molar-refractivity contribution < 1.29 is 0 Å². The summed E-state index contributed by atoms with van der Waals surface area (Å²) in [5.74, 6) is 0.557. The molecule has 0 aliphatic rings. The molecule has 0 bridgehead atoms. The van der Waals surface area contributed by atoms with Crippen LogP contribution in [0.1, 0.15) is 20.8 Å². The third-order valence-corrected chi connectivity index (χ3v) is 1.38. The Kier molecular flexibility index (Phi) is 4.55. The van der Waals surface area contributed by atoms with Crippen LogP contribution in [0.4, 0.5) is 0 Å². The third-order valence-electron chi connectivity index (χ3n) is 1.38. The van der Waals surface area contributed by atoms with Crippen LogP contribution in [0.2, 0.25) is 0 Å². The molecular weight excluding hydrogens is 122 g/mol. The van der Waals surface area contributed by atoms with Crippen LogP contribution in [-0.2, 0) is 0 Å². The Morgan fingerprint density at radius 2 is 2.00 bits per heavy atom. The summed E-state index contributed by atoms with van der Waals surface area (Å²) in [4.78, 5) is 0. The van der Waals surface area contributed by atoms with Gasteiger partial charge in [-0.2, -0.15) is 0 Å². The predicted molar refractivity (Wildman–Crippen MR) is 46.5 cm³/mol. The molecule has 1 N–H and O–H groups in total. The number of hydrogen-bond donors (Lipinski definition) is 1. The Balaban J connectivity index is 4.10. The van der Waals surface area contributed by atoms with E-state index in [1.807, 2.05) is 13.0 Å². The minimum absolute atomic E-state index is 0.557. The molecule has 0 aromatic rings. The van der Waals surface area contributed by atoms with Crippen LogP contribution < -0.4 is 0 Å². The highest BCUT2D eigenvalue weighted by molar-refractivity contribution is 5.68. The standard InChI is InChI=1S/C9H15N/c1-4-9(8(2)3)6-5-7-10/h4-8,10H,1-3H3/b6-5-,9-4+,10-7?. The van der Waals surface area contributed by atoms with E-state index in [9.17, 15) is 0 Å². The van der Waals surface area contributed by atoms with E-state index in [2.05, 4.69) is 19.9 Å². The number of allylic oxidation sites excluding steroid dienone is 4. The highest BCUT2D eigenvalue weighted by Gasteiger charge is 1.94. The second kappa shape index (κ2) is 4.98. The first-order valence-corrected chi connectivity index (χ1v) is 3.55. The van der Waals surface area contributed by atoms with E-state index < -0.39 is 0 Å². The van der Waals surface area contributed by atoms with E-state index in [4.69, 9.17) is 5.41 Å². The maximum Gasteiger partial charge on any atom is 0.0177 e. The zero-order valence-electron chi connectivity index (χ0n) is 6.89. The lowest BCUT2D eigenvalue weighted by Gasteiger charge is -2.03. The third kappa shape index (κ3) is 3.23. The largest absolute Gasteiger partial charge is 0.309 e. The first-order valence-electron chi connectivity index (χ1n) is 3.55. The fraction of sp³-hybridized carbons (Fsp3) is 0.444. The van der Waals surface area contributed by atoms with Crippen molar-refractivity contribution in [3.8, 4) is 0 Å². The van der Waals surface area contributed by atoms with Gasteiger partial charge in [0, 0.05) is 6.21 Å². The van der Waals surface area contributed by atoms with Gasteiger partial charge in [-0.3, -0.25) is 0 Å². The Bertz CT molecular complexity index is 152. The van der Waals surface area contributed by atoms with E-state index in [0.29, 0.717) is 5.92 Å². The van der Waals surface area contributed by atoms with Crippen LogP contribution in [0.5, 0.6) is 0 Å². The average molecular weight is 137 g/mol. The molecular formula is C9H15N. The first kappa shape index (κ1) is 9.15. The van der Waals surface area contributed by atoms with E-state index in [1.54, 1.807) is 6.08 Å². The maximum absolute atomic E-state index is 6.77. The minimum Gasteiger partial charge on any atom is -0.309 e. The molecule has 0 saturated carbocycles. The van der Waals surface area contributed by atoms with Gasteiger partial charge in [-0.15, -0.1) is 0 Å². The summed E-state index contributed by atoms with van der Waals surface area (Å²) in [6.45, 7) is 6.30. The fourth-order valence-corrected chi connectivity index (χ4v) is 0.781. The van der Waals surface area contributed by atoms with Crippen LogP contribution in [0.25, 0.3) is 0 Å². The Morgan fingerprint density at radius 3 is 2.30 bits per heavy atom. The molecule has 0 radical (unpaired) electrons. The molecule has 10 heavy (non-hydrogen) atoms. The summed E-state index contributed by atoms with van der Waals surface area (Å²) >= 11 is 0. The highest BCUT2D eigenvalue weighted by atomic mass is 14.3. The zero-order chi connectivity index (χ0) is 7.98. The summed E-state index contributed by atoms with van der Waals surface area (Å²) in [6.07, 6.45) is 7.09. The van der Waals surface area contributed by atoms with Gasteiger partial charge in [0.25, 0.3) is 0 Å². The van der Waals surface area contributed by atoms with E-state index in [-0.39, 0.29) is 0 Å². The monoisotopic (exact) mass is 137 g/mol. The van der Waals surface area contributed by atoms with Crippen LogP contribution in [-0.4, -0.2) is 6.21 Å². The zero-order valence-corrected chi connectivity index (χ0v) is 6.89. The quantitative estimate of drug-likeness (QED) is 0.457. The van der Waals surface area contributed by atoms with E-state index in [0.717, 1.165) is 0 Å². The van der Waals surface area contributed by atoms with Crippen LogP contribution in [0.15, 0.2) is 23.8 Å². The molecule has 0 aliphatic carbocycles. The first-order chi connectivity index (χ1) is 4.72. The van der Waals surface area contributed by atoms with Gasteiger partial charge in [-0.25, -0.2) is 0 Å². The summed E-state index contributed by atoms with van der Waals surface area (Å²) in [7, 11) is 0. The highest BCUT2D eigenvalue weighted by Crippen LogP contribution is 2.09. The van der Waals surface area contributed by atoms with Gasteiger partial charge >= 0.3 is 0 Å². The summed E-state index contributed by atoms with van der Waals surface area (Å²) in [5, 5.41) is 6.77. The predicted octanol–water partition coefficient (Wildman–Crippen LogP) is 2.79. The molecule has 0 aliphatic heterocycles. The van der Waals surface area contributed by atoms with Crippen molar-refractivity contribution in [1.82, 2.24) is 0 Å². The van der Waals surface area contributed by atoms with Gasteiger partial charge in [0.15, 0.2) is 0 Å². The summed E-state index contributed by atoms with van der Waals surface area (Å²) in [5.41, 5.74) is 1.28. The lowest BCUT2D eigenvalue weighted by molar-refractivity contribution is 0.790. The van der Waals surface area contributed by atoms with Gasteiger partial charge in [0.1, 0.15) is 0 Å². The maximum atomic E-state index is 6.77. The second-order valence-electron chi connectivity index (χ2n) is 2.47. The van der Waals surface area contributed by atoms with Crippen molar-refractivity contribution >= 4 is 6.21 Å². The van der Waals surface area contributed by atoms with E-state index >= 15 is 0 Å². The molecule has 0 unspecified atom stereocenters. The van der Waals surface area contributed by atoms with Crippen molar-refractivity contribution in [2.24, 2.45) is 5.92 Å². The van der Waals surface area contributed by atoms with Crippen molar-refractivity contribution in [3.05, 3.63) is 23.8 Å². The Morgan fingerprint density at radius 1 is 1.40 bits per heavy atom. The molecule has 1 heteroatoms. The molecule has 0 rings (SSSR count). The smallest absolute Gasteiger partial charge is 0.0177 e. The molecule has 0 saturated heterocycles. The molecule has 0 aromatic heterocycles. The molecule has 1 nitrogen and oxygen atoms in total. The molecule has 0 aromatic carbocycles. The lowest BCUT2D eigenvalue weighted by Crippen LogP contribution is -1.88. The molecule has 56 valence electrons. The van der Waals surface area contributed by atoms with Crippen molar-refractivity contribution in [1.29, 1.82) is 5.41 Å². The molecule has 0 fully saturated rings. The minimum atomic E-state index is 0.557. The van der Waals surface area contributed by atoms with Crippen molar-refractivity contribution in [2.45, 2.75) is 20.8 Å². The van der Waals surface area contributed by atoms with Crippen molar-refractivity contribution in [2.75, 3.05) is 0 Å². The van der Waals surface area contributed by atoms with Gasteiger partial charge in [-0.1, -0.05) is 26.0 Å². The SMILES string of the molecule is C/C=C(\C=C/C=N)C(C)C. The Labute approximate surface area is 63.0 Å². The topological polar surface area (TPSA) is 23.9 Å². The van der Waals surface area contributed by atoms with Gasteiger partial charge in [-0.05, 0) is 24.5 Å².